The zero-order valence-electron chi connectivity index (χ0n) is 10.8. The maximum atomic E-state index is 11.4. The number of carbonyl (C=O) groups is 1. The summed E-state index contributed by atoms with van der Waals surface area (Å²) < 4.78 is 0. The van der Waals surface area contributed by atoms with Gasteiger partial charge in [-0.2, -0.15) is 11.8 Å². The molecule has 4 heteroatoms. The van der Waals surface area contributed by atoms with Crippen molar-refractivity contribution in [2.75, 3.05) is 5.75 Å². The highest BCUT2D eigenvalue weighted by Crippen LogP contribution is 2.30. The van der Waals surface area contributed by atoms with Gasteiger partial charge in [-0.1, -0.05) is 31.4 Å². The standard InChI is InChI=1S/C14H19ClO2S/c1-3-4-5-6-18-9-11-7-12(15)8-13(10(2)16)14(11)17/h7-8,17H,3-6,9H2,1-2H3. The van der Waals surface area contributed by atoms with Gasteiger partial charge < -0.3 is 5.11 Å². The van der Waals surface area contributed by atoms with Crippen LogP contribution < -0.4 is 0 Å². The Hall–Kier alpha value is -0.670. The molecule has 100 valence electrons. The quantitative estimate of drug-likeness (QED) is 0.584. The number of halogens is 1. The van der Waals surface area contributed by atoms with Crippen LogP contribution in [-0.4, -0.2) is 16.6 Å². The van der Waals surface area contributed by atoms with Gasteiger partial charge in [0.2, 0.25) is 0 Å². The molecule has 0 saturated heterocycles. The van der Waals surface area contributed by atoms with E-state index in [0.717, 1.165) is 11.3 Å². The third-order valence-electron chi connectivity index (χ3n) is 2.68. The van der Waals surface area contributed by atoms with Gasteiger partial charge in [0.1, 0.15) is 5.75 Å². The maximum absolute atomic E-state index is 11.4. The first-order valence-corrected chi connectivity index (χ1v) is 7.69. The Morgan fingerprint density at radius 3 is 2.72 bits per heavy atom. The van der Waals surface area contributed by atoms with Crippen molar-refractivity contribution in [3.05, 3.63) is 28.3 Å². The number of hydrogen-bond donors (Lipinski definition) is 1. The molecule has 0 amide bonds. The molecule has 1 aromatic carbocycles. The van der Waals surface area contributed by atoms with Crippen molar-refractivity contribution in [1.82, 2.24) is 0 Å². The number of phenols is 1. The minimum atomic E-state index is -0.160. The molecular weight excluding hydrogens is 268 g/mol. The lowest BCUT2D eigenvalue weighted by molar-refractivity contribution is 0.101. The highest BCUT2D eigenvalue weighted by molar-refractivity contribution is 7.98. The van der Waals surface area contributed by atoms with E-state index in [-0.39, 0.29) is 11.5 Å². The number of benzene rings is 1. The Morgan fingerprint density at radius 2 is 2.11 bits per heavy atom. The fourth-order valence-corrected chi connectivity index (χ4v) is 2.90. The second-order valence-electron chi connectivity index (χ2n) is 4.28. The van der Waals surface area contributed by atoms with Crippen molar-refractivity contribution in [3.8, 4) is 5.75 Å². The van der Waals surface area contributed by atoms with Crippen LogP contribution in [0.3, 0.4) is 0 Å². The van der Waals surface area contributed by atoms with E-state index in [9.17, 15) is 9.90 Å². The summed E-state index contributed by atoms with van der Waals surface area (Å²) in [5, 5.41) is 10.5. The van der Waals surface area contributed by atoms with Crippen LogP contribution >= 0.6 is 23.4 Å². The molecule has 2 nitrogen and oxygen atoms in total. The summed E-state index contributed by atoms with van der Waals surface area (Å²) in [6.45, 7) is 3.61. The van der Waals surface area contributed by atoms with Crippen molar-refractivity contribution >= 4 is 29.1 Å². The van der Waals surface area contributed by atoms with E-state index < -0.39 is 0 Å². The van der Waals surface area contributed by atoms with Gasteiger partial charge >= 0.3 is 0 Å². The van der Waals surface area contributed by atoms with Gasteiger partial charge in [-0.3, -0.25) is 4.79 Å². The van der Waals surface area contributed by atoms with E-state index in [4.69, 9.17) is 11.6 Å². The molecular formula is C14H19ClO2S. The zero-order valence-corrected chi connectivity index (χ0v) is 12.4. The minimum Gasteiger partial charge on any atom is -0.507 e. The summed E-state index contributed by atoms with van der Waals surface area (Å²) >= 11 is 7.72. The van der Waals surface area contributed by atoms with Crippen LogP contribution in [0.4, 0.5) is 0 Å². The average Bonchev–Trinajstić information content (AvgIpc) is 2.32. The summed E-state index contributed by atoms with van der Waals surface area (Å²) in [7, 11) is 0. The summed E-state index contributed by atoms with van der Waals surface area (Å²) in [6.07, 6.45) is 3.62. The number of aromatic hydroxyl groups is 1. The molecule has 1 rings (SSSR count). The molecule has 0 spiro atoms. The van der Waals surface area contributed by atoms with Crippen LogP contribution in [0.15, 0.2) is 12.1 Å². The number of rotatable bonds is 7. The third kappa shape index (κ3) is 4.54. The average molecular weight is 287 g/mol. The Balaban J connectivity index is 2.68. The summed E-state index contributed by atoms with van der Waals surface area (Å²) in [5.41, 5.74) is 1.06. The van der Waals surface area contributed by atoms with E-state index in [0.29, 0.717) is 16.3 Å². The fraction of sp³-hybridized carbons (Fsp3) is 0.500. The second kappa shape index (κ2) is 7.70. The summed E-state index contributed by atoms with van der Waals surface area (Å²) in [4.78, 5) is 11.4. The number of ketones is 1. The van der Waals surface area contributed by atoms with Crippen LogP contribution in [-0.2, 0) is 5.75 Å². The van der Waals surface area contributed by atoms with Gasteiger partial charge in [0.15, 0.2) is 5.78 Å². The highest BCUT2D eigenvalue weighted by Gasteiger charge is 2.12. The molecule has 0 unspecified atom stereocenters. The Labute approximate surface area is 118 Å². The Bertz CT molecular complexity index is 419. The molecule has 0 radical (unpaired) electrons. The molecule has 0 aliphatic heterocycles. The number of thioether (sulfide) groups is 1. The molecule has 0 atom stereocenters. The fourth-order valence-electron chi connectivity index (χ4n) is 1.67. The predicted octanol–water partition coefficient (Wildman–Crippen LogP) is 4.67. The maximum Gasteiger partial charge on any atom is 0.163 e. The van der Waals surface area contributed by atoms with Crippen LogP contribution in [0.1, 0.15) is 49.0 Å². The Morgan fingerprint density at radius 1 is 1.39 bits per heavy atom. The lowest BCUT2D eigenvalue weighted by Crippen LogP contribution is -1.96. The van der Waals surface area contributed by atoms with Crippen molar-refractivity contribution < 1.29 is 9.90 Å². The molecule has 0 bridgehead atoms. The SMILES string of the molecule is CCCCCSCc1cc(Cl)cc(C(C)=O)c1O. The van der Waals surface area contributed by atoms with Gasteiger partial charge in [-0.25, -0.2) is 0 Å². The molecule has 0 aliphatic carbocycles. The lowest BCUT2D eigenvalue weighted by Gasteiger charge is -2.09. The van der Waals surface area contributed by atoms with Crippen molar-refractivity contribution in [2.45, 2.75) is 38.9 Å². The number of unbranched alkanes of at least 4 members (excludes halogenated alkanes) is 2. The zero-order chi connectivity index (χ0) is 13.5. The van der Waals surface area contributed by atoms with Crippen LogP contribution in [0.2, 0.25) is 5.02 Å². The second-order valence-corrected chi connectivity index (χ2v) is 5.82. The molecule has 1 aromatic rings. The van der Waals surface area contributed by atoms with E-state index >= 15 is 0 Å². The molecule has 18 heavy (non-hydrogen) atoms. The van der Waals surface area contributed by atoms with Gasteiger partial charge in [0, 0.05) is 16.3 Å². The normalized spacial score (nSPS) is 10.6. The molecule has 0 fully saturated rings. The molecule has 0 heterocycles. The Kier molecular flexibility index (Phi) is 6.58. The number of hydrogen-bond acceptors (Lipinski definition) is 3. The van der Waals surface area contributed by atoms with E-state index in [2.05, 4.69) is 6.92 Å². The van der Waals surface area contributed by atoms with Gasteiger partial charge in [0.05, 0.1) is 5.56 Å². The van der Waals surface area contributed by atoms with Crippen LogP contribution in [0, 0.1) is 0 Å². The van der Waals surface area contributed by atoms with E-state index in [1.54, 1.807) is 17.8 Å². The molecule has 0 saturated carbocycles. The van der Waals surface area contributed by atoms with Gasteiger partial charge in [-0.15, -0.1) is 0 Å². The molecule has 1 N–H and O–H groups in total. The van der Waals surface area contributed by atoms with Crippen LogP contribution in [0.25, 0.3) is 0 Å². The number of Topliss-reactive ketones (excluding diaryl/α,β-unsaturated/α-hetero) is 1. The molecule has 0 aliphatic rings. The number of carbonyl (C=O) groups excluding carboxylic acids is 1. The van der Waals surface area contributed by atoms with Gasteiger partial charge in [0.25, 0.3) is 0 Å². The van der Waals surface area contributed by atoms with Crippen molar-refractivity contribution in [1.29, 1.82) is 0 Å². The number of phenolic OH excluding ortho intramolecular Hbond substituents is 1. The van der Waals surface area contributed by atoms with Crippen molar-refractivity contribution in [3.63, 3.8) is 0 Å². The van der Waals surface area contributed by atoms with E-state index in [1.807, 2.05) is 0 Å². The topological polar surface area (TPSA) is 37.3 Å². The van der Waals surface area contributed by atoms with Crippen LogP contribution in [0.5, 0.6) is 5.75 Å². The largest absolute Gasteiger partial charge is 0.507 e. The first-order chi connectivity index (χ1) is 8.56. The third-order valence-corrected chi connectivity index (χ3v) is 3.99. The van der Waals surface area contributed by atoms with E-state index in [1.165, 1.54) is 32.3 Å². The monoisotopic (exact) mass is 286 g/mol. The van der Waals surface area contributed by atoms with Gasteiger partial charge in [-0.05, 0) is 31.2 Å². The minimum absolute atomic E-state index is 0.0786. The molecule has 0 aromatic heterocycles. The summed E-state index contributed by atoms with van der Waals surface area (Å²) in [5.74, 6) is 1.67. The predicted molar refractivity (Wildman–Crippen MR) is 78.8 cm³/mol. The first kappa shape index (κ1) is 15.4. The lowest BCUT2D eigenvalue weighted by atomic mass is 10.1. The summed E-state index contributed by atoms with van der Waals surface area (Å²) in [6, 6.07) is 3.25. The van der Waals surface area contributed by atoms with Crippen molar-refractivity contribution in [2.24, 2.45) is 0 Å². The highest BCUT2D eigenvalue weighted by atomic mass is 35.5. The first-order valence-electron chi connectivity index (χ1n) is 6.16. The smallest absolute Gasteiger partial charge is 0.163 e.